The number of amides is 1. The fourth-order valence-corrected chi connectivity index (χ4v) is 2.48. The van der Waals surface area contributed by atoms with Gasteiger partial charge >= 0.3 is 5.97 Å². The summed E-state index contributed by atoms with van der Waals surface area (Å²) in [5, 5.41) is 1.70. The Morgan fingerprint density at radius 2 is 2.47 bits per heavy atom. The van der Waals surface area contributed by atoms with Gasteiger partial charge in [0.1, 0.15) is 11.7 Å². The van der Waals surface area contributed by atoms with Crippen molar-refractivity contribution in [1.29, 1.82) is 0 Å². The number of carbonyl (C=O) groups excluding carboxylic acids is 2. The van der Waals surface area contributed by atoms with E-state index >= 15 is 0 Å². The molecule has 1 aromatic heterocycles. The summed E-state index contributed by atoms with van der Waals surface area (Å²) < 4.78 is 4.97. The molecule has 0 bridgehead atoms. The van der Waals surface area contributed by atoms with Crippen LogP contribution in [0.3, 0.4) is 0 Å². The highest BCUT2D eigenvalue weighted by atomic mass is 32.1. The Morgan fingerprint density at radius 3 is 3.12 bits per heavy atom. The van der Waals surface area contributed by atoms with Crippen molar-refractivity contribution in [2.24, 2.45) is 0 Å². The fourth-order valence-electron chi connectivity index (χ4n) is 1.96. The topological polar surface area (TPSA) is 59.5 Å². The molecule has 1 amide bonds. The molecule has 1 unspecified atom stereocenters. The van der Waals surface area contributed by atoms with Crippen LogP contribution in [0, 0.1) is 0 Å². The maximum Gasteiger partial charge on any atom is 0.328 e. The van der Waals surface area contributed by atoms with Crippen LogP contribution < -0.4 is 0 Å². The van der Waals surface area contributed by atoms with E-state index in [0.717, 1.165) is 6.42 Å². The van der Waals surface area contributed by atoms with Gasteiger partial charge in [-0.3, -0.25) is 4.79 Å². The van der Waals surface area contributed by atoms with E-state index in [-0.39, 0.29) is 11.9 Å². The highest BCUT2D eigenvalue weighted by Gasteiger charge is 2.36. The van der Waals surface area contributed by atoms with Gasteiger partial charge < -0.3 is 9.64 Å². The zero-order chi connectivity index (χ0) is 12.3. The Bertz CT molecular complexity index is 405. The monoisotopic (exact) mass is 254 g/mol. The standard InChI is InChI=1S/C11H14N2O3S/c1-2-16-11(15)9-4-3-5-13(9)10(14)8-6-17-7-12-8/h6-7,9H,2-5H2,1H3. The summed E-state index contributed by atoms with van der Waals surface area (Å²) in [5.41, 5.74) is 2.02. The number of nitrogens with zero attached hydrogens (tertiary/aromatic N) is 2. The number of ether oxygens (including phenoxy) is 1. The van der Waals surface area contributed by atoms with Crippen molar-refractivity contribution in [3.63, 3.8) is 0 Å². The first kappa shape index (κ1) is 12.0. The normalized spacial score (nSPS) is 19.4. The number of hydrogen-bond donors (Lipinski definition) is 0. The SMILES string of the molecule is CCOC(=O)C1CCCN1C(=O)c1cscn1. The van der Waals surface area contributed by atoms with Crippen molar-refractivity contribution < 1.29 is 14.3 Å². The molecule has 0 aliphatic carbocycles. The van der Waals surface area contributed by atoms with Crippen LogP contribution in [-0.2, 0) is 9.53 Å². The maximum atomic E-state index is 12.1. The molecule has 2 rings (SSSR count). The van der Waals surface area contributed by atoms with Gasteiger partial charge in [0.2, 0.25) is 0 Å². The van der Waals surface area contributed by atoms with Crippen LogP contribution in [0.2, 0.25) is 0 Å². The molecule has 0 aromatic carbocycles. The average Bonchev–Trinajstić information content (AvgIpc) is 3.00. The number of carbonyl (C=O) groups is 2. The van der Waals surface area contributed by atoms with Crippen LogP contribution in [0.25, 0.3) is 0 Å². The summed E-state index contributed by atoms with van der Waals surface area (Å²) in [4.78, 5) is 29.3. The lowest BCUT2D eigenvalue weighted by Gasteiger charge is -2.22. The summed E-state index contributed by atoms with van der Waals surface area (Å²) >= 11 is 1.37. The molecule has 1 saturated heterocycles. The Kier molecular flexibility index (Phi) is 3.73. The lowest BCUT2D eigenvalue weighted by molar-refractivity contribution is -0.147. The largest absolute Gasteiger partial charge is 0.464 e. The molecule has 0 saturated carbocycles. The number of rotatable bonds is 3. The molecule has 1 aliphatic heterocycles. The van der Waals surface area contributed by atoms with Gasteiger partial charge in [-0.05, 0) is 19.8 Å². The van der Waals surface area contributed by atoms with Gasteiger partial charge in [-0.25, -0.2) is 9.78 Å². The molecular formula is C11H14N2O3S. The minimum absolute atomic E-state index is 0.179. The molecule has 0 spiro atoms. The van der Waals surface area contributed by atoms with E-state index in [9.17, 15) is 9.59 Å². The third kappa shape index (κ3) is 2.46. The smallest absolute Gasteiger partial charge is 0.328 e. The van der Waals surface area contributed by atoms with Crippen LogP contribution in [0.1, 0.15) is 30.3 Å². The van der Waals surface area contributed by atoms with E-state index < -0.39 is 6.04 Å². The van der Waals surface area contributed by atoms with E-state index in [4.69, 9.17) is 4.74 Å². The Labute approximate surface area is 103 Å². The second-order valence-electron chi connectivity index (χ2n) is 3.78. The maximum absolute atomic E-state index is 12.1. The highest BCUT2D eigenvalue weighted by Crippen LogP contribution is 2.21. The Hall–Kier alpha value is -1.43. The number of hydrogen-bond acceptors (Lipinski definition) is 5. The number of esters is 1. The zero-order valence-electron chi connectivity index (χ0n) is 9.59. The van der Waals surface area contributed by atoms with Crippen LogP contribution >= 0.6 is 11.3 Å². The second-order valence-corrected chi connectivity index (χ2v) is 4.50. The summed E-state index contributed by atoms with van der Waals surface area (Å²) in [6, 6.07) is -0.441. The summed E-state index contributed by atoms with van der Waals surface area (Å²) in [6.07, 6.45) is 1.51. The quantitative estimate of drug-likeness (QED) is 0.763. The van der Waals surface area contributed by atoms with E-state index in [1.807, 2.05) is 0 Å². The van der Waals surface area contributed by atoms with Gasteiger partial charge in [0, 0.05) is 11.9 Å². The predicted molar refractivity (Wildman–Crippen MR) is 62.8 cm³/mol. The van der Waals surface area contributed by atoms with Crippen molar-refractivity contribution in [3.05, 3.63) is 16.6 Å². The van der Waals surface area contributed by atoms with Gasteiger partial charge in [-0.15, -0.1) is 11.3 Å². The van der Waals surface area contributed by atoms with Gasteiger partial charge in [0.15, 0.2) is 0 Å². The third-order valence-corrected chi connectivity index (χ3v) is 3.31. The molecular weight excluding hydrogens is 240 g/mol. The van der Waals surface area contributed by atoms with Crippen LogP contribution in [0.5, 0.6) is 0 Å². The third-order valence-electron chi connectivity index (χ3n) is 2.72. The van der Waals surface area contributed by atoms with Crippen LogP contribution in [0.4, 0.5) is 0 Å². The average molecular weight is 254 g/mol. The van der Waals surface area contributed by atoms with E-state index in [2.05, 4.69) is 4.98 Å². The summed E-state index contributed by atoms with van der Waals surface area (Å²) in [7, 11) is 0. The first-order valence-electron chi connectivity index (χ1n) is 5.59. The van der Waals surface area contributed by atoms with Crippen molar-refractivity contribution in [2.75, 3.05) is 13.2 Å². The summed E-state index contributed by atoms with van der Waals surface area (Å²) in [5.74, 6) is -0.490. The van der Waals surface area contributed by atoms with E-state index in [1.54, 1.807) is 22.7 Å². The predicted octanol–water partition coefficient (Wildman–Crippen LogP) is 1.31. The van der Waals surface area contributed by atoms with Gasteiger partial charge in [-0.2, -0.15) is 0 Å². The summed E-state index contributed by atoms with van der Waals surface area (Å²) in [6.45, 7) is 2.70. The molecule has 1 aliphatic rings. The Morgan fingerprint density at radius 1 is 1.65 bits per heavy atom. The van der Waals surface area contributed by atoms with Crippen molar-refractivity contribution in [3.8, 4) is 0 Å². The molecule has 1 aromatic rings. The molecule has 92 valence electrons. The lowest BCUT2D eigenvalue weighted by atomic mass is 10.2. The molecule has 6 heteroatoms. The minimum Gasteiger partial charge on any atom is -0.464 e. The number of likely N-dealkylation sites (tertiary alicyclic amines) is 1. The number of thiazole rings is 1. The van der Waals surface area contributed by atoms with E-state index in [0.29, 0.717) is 25.3 Å². The highest BCUT2D eigenvalue weighted by molar-refractivity contribution is 7.07. The van der Waals surface area contributed by atoms with E-state index in [1.165, 1.54) is 11.3 Å². The second kappa shape index (κ2) is 5.27. The van der Waals surface area contributed by atoms with Gasteiger partial charge in [-0.1, -0.05) is 0 Å². The molecule has 0 N–H and O–H groups in total. The van der Waals surface area contributed by atoms with Crippen LogP contribution in [0.15, 0.2) is 10.9 Å². The molecule has 2 heterocycles. The lowest BCUT2D eigenvalue weighted by Crippen LogP contribution is -2.41. The molecule has 1 fully saturated rings. The molecule has 5 nitrogen and oxygen atoms in total. The zero-order valence-corrected chi connectivity index (χ0v) is 10.4. The van der Waals surface area contributed by atoms with Crippen molar-refractivity contribution in [2.45, 2.75) is 25.8 Å². The number of aromatic nitrogens is 1. The van der Waals surface area contributed by atoms with Gasteiger partial charge in [0.05, 0.1) is 12.1 Å². The molecule has 17 heavy (non-hydrogen) atoms. The minimum atomic E-state index is -0.441. The van der Waals surface area contributed by atoms with Crippen molar-refractivity contribution >= 4 is 23.2 Å². The van der Waals surface area contributed by atoms with Gasteiger partial charge in [0.25, 0.3) is 5.91 Å². The first-order valence-corrected chi connectivity index (χ1v) is 6.54. The Balaban J connectivity index is 2.09. The molecule has 0 radical (unpaired) electrons. The first-order chi connectivity index (χ1) is 8.24. The fraction of sp³-hybridized carbons (Fsp3) is 0.545. The van der Waals surface area contributed by atoms with Crippen LogP contribution in [-0.4, -0.2) is 41.0 Å². The van der Waals surface area contributed by atoms with Crippen molar-refractivity contribution in [1.82, 2.24) is 9.88 Å². The molecule has 1 atom stereocenters.